The van der Waals surface area contributed by atoms with E-state index in [4.69, 9.17) is 18.9 Å². The number of piperidine rings is 1. The monoisotopic (exact) mass is 479 g/mol. The summed E-state index contributed by atoms with van der Waals surface area (Å²) in [7, 11) is 5.05. The zero-order chi connectivity index (χ0) is 24.4. The number of aryl methyl sites for hydroxylation is 2. The summed E-state index contributed by atoms with van der Waals surface area (Å²) in [6, 6.07) is 10.5. The average molecular weight is 480 g/mol. The van der Waals surface area contributed by atoms with Crippen LogP contribution >= 0.6 is 0 Å². The van der Waals surface area contributed by atoms with E-state index in [9.17, 15) is 5.11 Å². The van der Waals surface area contributed by atoms with Gasteiger partial charge in [0.1, 0.15) is 0 Å². The van der Waals surface area contributed by atoms with Gasteiger partial charge in [0.2, 0.25) is 5.69 Å². The first-order valence-electron chi connectivity index (χ1n) is 12.4. The van der Waals surface area contributed by atoms with Crippen molar-refractivity contribution in [2.24, 2.45) is 0 Å². The highest BCUT2D eigenvalue weighted by Crippen LogP contribution is 2.40. The SMILES string of the molecule is COc1cc2c(cc1OCCCN1CCC(O)CC1)-c1cc3ccc(OC)c(OC)c3c[n+]1CC2. The first-order chi connectivity index (χ1) is 17.1. The molecule has 0 saturated carbocycles. The van der Waals surface area contributed by atoms with E-state index in [0.29, 0.717) is 6.61 Å². The molecule has 2 aliphatic heterocycles. The molecule has 0 atom stereocenters. The van der Waals surface area contributed by atoms with E-state index in [-0.39, 0.29) is 6.10 Å². The van der Waals surface area contributed by atoms with Crippen molar-refractivity contribution in [3.63, 3.8) is 0 Å². The van der Waals surface area contributed by atoms with Gasteiger partial charge in [-0.25, -0.2) is 0 Å². The number of benzene rings is 2. The van der Waals surface area contributed by atoms with Crippen LogP contribution in [0, 0.1) is 0 Å². The second-order valence-electron chi connectivity index (χ2n) is 9.34. The summed E-state index contributed by atoms with van der Waals surface area (Å²) in [5, 5.41) is 11.8. The van der Waals surface area contributed by atoms with Crippen molar-refractivity contribution < 1.29 is 28.6 Å². The lowest BCUT2D eigenvalue weighted by atomic mass is 9.95. The molecule has 1 N–H and O–H groups in total. The molecule has 2 aromatic carbocycles. The van der Waals surface area contributed by atoms with Crippen LogP contribution in [0.5, 0.6) is 23.0 Å². The van der Waals surface area contributed by atoms with Gasteiger partial charge in [-0.3, -0.25) is 0 Å². The first kappa shape index (κ1) is 23.7. The van der Waals surface area contributed by atoms with Crippen LogP contribution in [0.2, 0.25) is 0 Å². The molecule has 0 radical (unpaired) electrons. The average Bonchev–Trinajstić information content (AvgIpc) is 2.89. The summed E-state index contributed by atoms with van der Waals surface area (Å²) in [5.74, 6) is 3.05. The lowest BCUT2D eigenvalue weighted by molar-refractivity contribution is -0.686. The number of aliphatic hydroxyl groups is 1. The third kappa shape index (κ3) is 4.75. The van der Waals surface area contributed by atoms with E-state index in [1.54, 1.807) is 21.3 Å². The Hall–Kier alpha value is -3.03. The zero-order valence-electron chi connectivity index (χ0n) is 20.9. The van der Waals surface area contributed by atoms with Crippen molar-refractivity contribution >= 4 is 10.8 Å². The second-order valence-corrected chi connectivity index (χ2v) is 9.34. The fourth-order valence-electron chi connectivity index (χ4n) is 5.27. The summed E-state index contributed by atoms with van der Waals surface area (Å²) in [6.07, 6.45) is 5.61. The number of nitrogens with zero attached hydrogens (tertiary/aromatic N) is 2. The number of likely N-dealkylation sites (tertiary alicyclic amines) is 1. The van der Waals surface area contributed by atoms with Gasteiger partial charge in [-0.2, -0.15) is 4.57 Å². The van der Waals surface area contributed by atoms with Gasteiger partial charge in [0, 0.05) is 32.1 Å². The highest BCUT2D eigenvalue weighted by atomic mass is 16.5. The second kappa shape index (κ2) is 10.3. The molecule has 3 heterocycles. The van der Waals surface area contributed by atoms with Gasteiger partial charge in [0.05, 0.1) is 45.0 Å². The molecule has 0 amide bonds. The molecule has 1 fully saturated rings. The highest BCUT2D eigenvalue weighted by molar-refractivity contribution is 5.91. The third-order valence-electron chi connectivity index (χ3n) is 7.23. The van der Waals surface area contributed by atoms with Crippen LogP contribution in [0.3, 0.4) is 0 Å². The summed E-state index contributed by atoms with van der Waals surface area (Å²) in [5.41, 5.74) is 3.60. The van der Waals surface area contributed by atoms with Gasteiger partial charge in [-0.1, -0.05) is 0 Å². The van der Waals surface area contributed by atoms with Crippen LogP contribution in [-0.2, 0) is 13.0 Å². The Morgan fingerprint density at radius 2 is 1.77 bits per heavy atom. The molecule has 0 bridgehead atoms. The minimum Gasteiger partial charge on any atom is -0.493 e. The minimum atomic E-state index is -0.136. The van der Waals surface area contributed by atoms with Crippen LogP contribution in [0.1, 0.15) is 24.8 Å². The van der Waals surface area contributed by atoms with E-state index in [0.717, 1.165) is 91.3 Å². The zero-order valence-corrected chi connectivity index (χ0v) is 20.9. The molecule has 5 rings (SSSR count). The topological polar surface area (TPSA) is 64.3 Å². The number of methoxy groups -OCH3 is 3. The molecular weight excluding hydrogens is 444 g/mol. The van der Waals surface area contributed by atoms with E-state index in [1.807, 2.05) is 6.07 Å². The van der Waals surface area contributed by atoms with Crippen LogP contribution in [-0.4, -0.2) is 63.7 Å². The van der Waals surface area contributed by atoms with Crippen molar-refractivity contribution in [2.75, 3.05) is 47.6 Å². The maximum atomic E-state index is 9.70. The van der Waals surface area contributed by atoms with Crippen molar-refractivity contribution in [3.05, 3.63) is 42.1 Å². The fraction of sp³-hybridized carbons (Fsp3) is 0.464. The lowest BCUT2D eigenvalue weighted by Gasteiger charge is -2.29. The molecule has 1 saturated heterocycles. The maximum Gasteiger partial charge on any atom is 0.213 e. The lowest BCUT2D eigenvalue weighted by Crippen LogP contribution is -2.40. The first-order valence-corrected chi connectivity index (χ1v) is 12.4. The minimum absolute atomic E-state index is 0.136. The molecule has 186 valence electrons. The number of hydrogen-bond acceptors (Lipinski definition) is 6. The predicted octanol–water partition coefficient (Wildman–Crippen LogP) is 3.60. The predicted molar refractivity (Wildman–Crippen MR) is 135 cm³/mol. The van der Waals surface area contributed by atoms with Crippen LogP contribution < -0.4 is 23.5 Å². The largest absolute Gasteiger partial charge is 0.493 e. The number of hydrogen-bond donors (Lipinski definition) is 1. The molecule has 7 heteroatoms. The molecule has 0 aliphatic carbocycles. The van der Waals surface area contributed by atoms with Crippen LogP contribution in [0.25, 0.3) is 22.0 Å². The Morgan fingerprint density at radius 3 is 2.51 bits per heavy atom. The Balaban J connectivity index is 1.39. The summed E-state index contributed by atoms with van der Waals surface area (Å²) < 4.78 is 25.4. The molecule has 0 unspecified atom stereocenters. The van der Waals surface area contributed by atoms with E-state index in [2.05, 4.69) is 39.9 Å². The Bertz CT molecular complexity index is 1200. The summed E-state index contributed by atoms with van der Waals surface area (Å²) in [4.78, 5) is 2.40. The molecule has 0 spiro atoms. The Kier molecular flexibility index (Phi) is 6.97. The van der Waals surface area contributed by atoms with Gasteiger partial charge in [0.25, 0.3) is 0 Å². The van der Waals surface area contributed by atoms with Crippen molar-refractivity contribution in [1.29, 1.82) is 0 Å². The molecule has 7 nitrogen and oxygen atoms in total. The molecular formula is C28H35N2O5+. The van der Waals surface area contributed by atoms with E-state index in [1.165, 1.54) is 11.1 Å². The molecule has 3 aromatic rings. The number of aromatic nitrogens is 1. The number of pyridine rings is 1. The maximum absolute atomic E-state index is 9.70. The van der Waals surface area contributed by atoms with E-state index < -0.39 is 0 Å². The normalized spacial score (nSPS) is 16.0. The summed E-state index contributed by atoms with van der Waals surface area (Å²) in [6.45, 7) is 4.41. The molecule has 2 aliphatic rings. The van der Waals surface area contributed by atoms with E-state index >= 15 is 0 Å². The van der Waals surface area contributed by atoms with Crippen molar-refractivity contribution in [2.45, 2.75) is 38.3 Å². The standard InChI is InChI=1S/C28H35N2O5/c1-32-25-6-5-19-15-24-22-17-27(35-14-4-10-29-11-8-21(31)9-12-29)26(33-2)16-20(22)7-13-30(24)18-23(19)28(25)34-3/h5-6,15-18,21,31H,4,7-14H2,1-3H3/q+1. The number of rotatable bonds is 8. The number of fused-ring (bicyclic) bond motifs is 4. The molecule has 35 heavy (non-hydrogen) atoms. The van der Waals surface area contributed by atoms with Crippen LogP contribution in [0.15, 0.2) is 36.5 Å². The van der Waals surface area contributed by atoms with Crippen molar-refractivity contribution in [3.8, 4) is 34.3 Å². The van der Waals surface area contributed by atoms with Crippen molar-refractivity contribution in [1.82, 2.24) is 4.90 Å². The van der Waals surface area contributed by atoms with Gasteiger partial charge in [0.15, 0.2) is 35.7 Å². The van der Waals surface area contributed by atoms with Crippen LogP contribution in [0.4, 0.5) is 0 Å². The third-order valence-corrected chi connectivity index (χ3v) is 7.23. The quantitative estimate of drug-likeness (QED) is 0.394. The van der Waals surface area contributed by atoms with Gasteiger partial charge in [-0.05, 0) is 54.5 Å². The highest BCUT2D eigenvalue weighted by Gasteiger charge is 2.27. The summed E-state index contributed by atoms with van der Waals surface area (Å²) >= 11 is 0. The number of ether oxygens (including phenoxy) is 4. The Labute approximate surface area is 206 Å². The Morgan fingerprint density at radius 1 is 0.971 bits per heavy atom. The van der Waals surface area contributed by atoms with Gasteiger partial charge in [-0.15, -0.1) is 0 Å². The smallest absolute Gasteiger partial charge is 0.213 e. The molecule has 1 aromatic heterocycles. The van der Waals surface area contributed by atoms with Gasteiger partial charge >= 0.3 is 0 Å². The van der Waals surface area contributed by atoms with Gasteiger partial charge < -0.3 is 29.0 Å². The number of aliphatic hydroxyl groups excluding tert-OH is 1. The fourth-order valence-corrected chi connectivity index (χ4v) is 5.27.